The van der Waals surface area contributed by atoms with Crippen molar-refractivity contribution in [1.29, 1.82) is 0 Å². The number of halogens is 3. The zero-order valence-corrected chi connectivity index (χ0v) is 19.2. The smallest absolute Gasteiger partial charge is 0.401 e. The van der Waals surface area contributed by atoms with Crippen molar-refractivity contribution in [2.75, 3.05) is 44.6 Å². The number of hydrogen-bond donors (Lipinski definition) is 1. The van der Waals surface area contributed by atoms with E-state index in [9.17, 15) is 26.4 Å². The highest BCUT2D eigenvalue weighted by atomic mass is 32.2. The van der Waals surface area contributed by atoms with Crippen molar-refractivity contribution in [3.05, 3.63) is 53.6 Å². The minimum Gasteiger partial charge on any atom is -0.496 e. The van der Waals surface area contributed by atoms with Crippen LogP contribution in [0.15, 0.2) is 47.4 Å². The summed E-state index contributed by atoms with van der Waals surface area (Å²) in [5.41, 5.74) is 1.58. The summed E-state index contributed by atoms with van der Waals surface area (Å²) in [6, 6.07) is 11.3. The molecule has 1 heterocycles. The molecule has 1 N–H and O–H groups in total. The molecule has 180 valence electrons. The van der Waals surface area contributed by atoms with Crippen LogP contribution in [-0.4, -0.2) is 65.7 Å². The summed E-state index contributed by atoms with van der Waals surface area (Å²) < 4.78 is 70.3. The Kier molecular flexibility index (Phi) is 7.53. The van der Waals surface area contributed by atoms with Crippen LogP contribution in [0.5, 0.6) is 5.75 Å². The van der Waals surface area contributed by atoms with E-state index in [1.807, 2.05) is 12.1 Å². The van der Waals surface area contributed by atoms with Gasteiger partial charge in [0.2, 0.25) is 0 Å². The first-order valence-electron chi connectivity index (χ1n) is 10.3. The molecule has 0 bridgehead atoms. The number of amides is 1. The van der Waals surface area contributed by atoms with Gasteiger partial charge in [-0.1, -0.05) is 18.2 Å². The van der Waals surface area contributed by atoms with Gasteiger partial charge in [0.05, 0.1) is 29.8 Å². The number of anilines is 1. The van der Waals surface area contributed by atoms with Gasteiger partial charge in [0, 0.05) is 13.1 Å². The number of fused-ring (bicyclic) bond motifs is 1. The fourth-order valence-electron chi connectivity index (χ4n) is 3.74. The SMILES string of the molecule is COc1ccc(S(=O)(=O)N2CCc3ccccc32)cc1C(=O)NCCCN(C)CC(F)(F)F. The zero-order chi connectivity index (χ0) is 24.2. The Hall–Kier alpha value is -2.79. The van der Waals surface area contributed by atoms with Crippen LogP contribution in [0.4, 0.5) is 18.9 Å². The zero-order valence-electron chi connectivity index (χ0n) is 18.4. The fourth-order valence-corrected chi connectivity index (χ4v) is 5.27. The lowest BCUT2D eigenvalue weighted by Gasteiger charge is -2.20. The summed E-state index contributed by atoms with van der Waals surface area (Å²) in [5.74, 6) is -0.369. The number of nitrogens with one attached hydrogen (secondary N) is 1. The van der Waals surface area contributed by atoms with Gasteiger partial charge in [0.15, 0.2) is 0 Å². The van der Waals surface area contributed by atoms with Crippen molar-refractivity contribution < 1.29 is 31.1 Å². The lowest BCUT2D eigenvalue weighted by molar-refractivity contribution is -0.143. The van der Waals surface area contributed by atoms with E-state index in [-0.39, 0.29) is 29.3 Å². The lowest BCUT2D eigenvalue weighted by atomic mass is 10.2. The second-order valence-corrected chi connectivity index (χ2v) is 9.64. The number of carbonyl (C=O) groups excluding carboxylic acids is 1. The van der Waals surface area contributed by atoms with Crippen LogP contribution in [0.3, 0.4) is 0 Å². The van der Waals surface area contributed by atoms with E-state index in [0.717, 1.165) is 10.5 Å². The van der Waals surface area contributed by atoms with E-state index in [2.05, 4.69) is 5.32 Å². The van der Waals surface area contributed by atoms with Crippen LogP contribution in [0.1, 0.15) is 22.3 Å². The summed E-state index contributed by atoms with van der Waals surface area (Å²) in [6.45, 7) is -0.463. The topological polar surface area (TPSA) is 79.0 Å². The van der Waals surface area contributed by atoms with E-state index in [0.29, 0.717) is 25.1 Å². The van der Waals surface area contributed by atoms with Crippen LogP contribution in [0, 0.1) is 0 Å². The third kappa shape index (κ3) is 5.97. The number of alkyl halides is 3. The van der Waals surface area contributed by atoms with Crippen molar-refractivity contribution in [3.63, 3.8) is 0 Å². The molecular weight excluding hydrogens is 459 g/mol. The molecule has 1 aliphatic heterocycles. The highest BCUT2D eigenvalue weighted by molar-refractivity contribution is 7.92. The molecule has 0 spiro atoms. The van der Waals surface area contributed by atoms with E-state index in [1.54, 1.807) is 12.1 Å². The number of benzene rings is 2. The quantitative estimate of drug-likeness (QED) is 0.553. The van der Waals surface area contributed by atoms with Crippen molar-refractivity contribution in [2.45, 2.75) is 23.9 Å². The third-order valence-corrected chi connectivity index (χ3v) is 7.11. The molecule has 0 saturated heterocycles. The molecule has 33 heavy (non-hydrogen) atoms. The maximum atomic E-state index is 13.3. The number of methoxy groups -OCH3 is 1. The van der Waals surface area contributed by atoms with E-state index < -0.39 is 28.7 Å². The number of carbonyl (C=O) groups is 1. The first-order chi connectivity index (χ1) is 15.5. The summed E-state index contributed by atoms with van der Waals surface area (Å²) in [7, 11) is -1.19. The highest BCUT2D eigenvalue weighted by Crippen LogP contribution is 2.33. The van der Waals surface area contributed by atoms with Gasteiger partial charge in [-0.15, -0.1) is 0 Å². The molecule has 0 saturated carbocycles. The fraction of sp³-hybridized carbons (Fsp3) is 0.409. The molecule has 2 aromatic carbocycles. The number of rotatable bonds is 9. The molecule has 0 aliphatic carbocycles. The van der Waals surface area contributed by atoms with Crippen molar-refractivity contribution >= 4 is 21.6 Å². The standard InChI is InChI=1S/C22H26F3N3O4S/c1-27(15-22(23,24)25)12-5-11-26-21(29)18-14-17(8-9-20(18)32-2)33(30,31)28-13-10-16-6-3-4-7-19(16)28/h3-4,6-9,14H,5,10-13,15H2,1-2H3,(H,26,29). The Morgan fingerprint density at radius 1 is 1.21 bits per heavy atom. The number of hydrogen-bond acceptors (Lipinski definition) is 5. The summed E-state index contributed by atoms with van der Waals surface area (Å²) in [6.07, 6.45) is -3.39. The summed E-state index contributed by atoms with van der Waals surface area (Å²) in [5, 5.41) is 2.62. The molecule has 0 radical (unpaired) electrons. The highest BCUT2D eigenvalue weighted by Gasteiger charge is 2.32. The van der Waals surface area contributed by atoms with Crippen LogP contribution in [0.25, 0.3) is 0 Å². The Morgan fingerprint density at radius 2 is 1.94 bits per heavy atom. The largest absolute Gasteiger partial charge is 0.496 e. The summed E-state index contributed by atoms with van der Waals surface area (Å²) >= 11 is 0. The Balaban J connectivity index is 1.71. The average molecular weight is 486 g/mol. The molecule has 1 amide bonds. The Bertz CT molecular complexity index is 1110. The monoisotopic (exact) mass is 485 g/mol. The van der Waals surface area contributed by atoms with Gasteiger partial charge in [-0.25, -0.2) is 8.42 Å². The minimum absolute atomic E-state index is 0.0368. The first-order valence-corrected chi connectivity index (χ1v) is 11.8. The van der Waals surface area contributed by atoms with Crippen molar-refractivity contribution in [2.24, 2.45) is 0 Å². The molecule has 2 aromatic rings. The lowest BCUT2D eigenvalue weighted by Crippen LogP contribution is -2.34. The van der Waals surface area contributed by atoms with Gasteiger partial charge in [-0.3, -0.25) is 14.0 Å². The Morgan fingerprint density at radius 3 is 2.64 bits per heavy atom. The minimum atomic E-state index is -4.28. The van der Waals surface area contributed by atoms with E-state index in [4.69, 9.17) is 4.74 Å². The molecule has 0 fully saturated rings. The number of nitrogens with zero attached hydrogens (tertiary/aromatic N) is 2. The van der Waals surface area contributed by atoms with Crippen LogP contribution in [-0.2, 0) is 16.4 Å². The van der Waals surface area contributed by atoms with Gasteiger partial charge in [0.1, 0.15) is 5.75 Å². The van der Waals surface area contributed by atoms with E-state index >= 15 is 0 Å². The second-order valence-electron chi connectivity index (χ2n) is 7.78. The molecule has 0 aromatic heterocycles. The van der Waals surface area contributed by atoms with Gasteiger partial charge in [0.25, 0.3) is 15.9 Å². The number of ether oxygens (including phenoxy) is 1. The number of para-hydroxylation sites is 1. The predicted molar refractivity (Wildman–Crippen MR) is 118 cm³/mol. The normalized spacial score (nSPS) is 13.8. The van der Waals surface area contributed by atoms with Gasteiger partial charge in [-0.2, -0.15) is 13.2 Å². The van der Waals surface area contributed by atoms with Crippen molar-refractivity contribution in [1.82, 2.24) is 10.2 Å². The number of sulfonamides is 1. The molecule has 3 rings (SSSR count). The van der Waals surface area contributed by atoms with Crippen LogP contribution >= 0.6 is 0 Å². The molecule has 0 unspecified atom stereocenters. The van der Waals surface area contributed by atoms with Gasteiger partial charge in [-0.05, 0) is 56.3 Å². The predicted octanol–water partition coefficient (Wildman–Crippen LogP) is 3.06. The molecule has 11 heteroatoms. The molecule has 0 atom stereocenters. The third-order valence-electron chi connectivity index (χ3n) is 5.30. The van der Waals surface area contributed by atoms with Crippen LogP contribution in [0.2, 0.25) is 0 Å². The van der Waals surface area contributed by atoms with Crippen LogP contribution < -0.4 is 14.4 Å². The van der Waals surface area contributed by atoms with Crippen molar-refractivity contribution in [3.8, 4) is 5.75 Å². The maximum absolute atomic E-state index is 13.3. The summed E-state index contributed by atoms with van der Waals surface area (Å²) in [4.78, 5) is 13.8. The average Bonchev–Trinajstić information content (AvgIpc) is 3.20. The molecular formula is C22H26F3N3O4S. The van der Waals surface area contributed by atoms with Gasteiger partial charge < -0.3 is 10.1 Å². The first kappa shape index (κ1) is 24.8. The van der Waals surface area contributed by atoms with E-state index in [1.165, 1.54) is 36.7 Å². The molecule has 7 nitrogen and oxygen atoms in total. The molecule has 1 aliphatic rings. The van der Waals surface area contributed by atoms with Gasteiger partial charge >= 0.3 is 6.18 Å². The maximum Gasteiger partial charge on any atom is 0.401 e. The second kappa shape index (κ2) is 10.0. The Labute approximate surface area is 191 Å².